The summed E-state index contributed by atoms with van der Waals surface area (Å²) in [6, 6.07) is 9.08. The molecule has 0 aliphatic rings. The van der Waals surface area contributed by atoms with Gasteiger partial charge in [-0.25, -0.2) is 0 Å². The first-order chi connectivity index (χ1) is 8.61. The molecule has 1 heterocycles. The van der Waals surface area contributed by atoms with Crippen molar-refractivity contribution in [2.75, 3.05) is 5.32 Å². The third kappa shape index (κ3) is 2.47. The van der Waals surface area contributed by atoms with Crippen molar-refractivity contribution < 1.29 is 0 Å². The van der Waals surface area contributed by atoms with Crippen molar-refractivity contribution in [3.05, 3.63) is 46.7 Å². The third-order valence-electron chi connectivity index (χ3n) is 2.87. The van der Waals surface area contributed by atoms with Crippen molar-refractivity contribution in [1.82, 2.24) is 9.78 Å². The number of aromatic nitrogens is 2. The zero-order valence-corrected chi connectivity index (χ0v) is 10.9. The molecule has 0 saturated heterocycles. The molecule has 1 aromatic heterocycles. The van der Waals surface area contributed by atoms with Gasteiger partial charge in [-0.2, -0.15) is 10.4 Å². The van der Waals surface area contributed by atoms with E-state index in [0.29, 0.717) is 5.02 Å². The Morgan fingerprint density at radius 1 is 1.39 bits per heavy atom. The minimum Gasteiger partial charge on any atom is -0.366 e. The highest BCUT2D eigenvalue weighted by Gasteiger charge is 2.15. The number of nitrogens with one attached hydrogen (secondary N) is 1. The highest BCUT2D eigenvalue weighted by atomic mass is 35.5. The standard InChI is InChI=1S/C13H13ClN4/c1-9-12(8-16-18(9)2)13(7-15)17-11-5-3-10(14)4-6-11/h3-6,8,13,17H,1-2H3. The normalized spacial score (nSPS) is 11.9. The summed E-state index contributed by atoms with van der Waals surface area (Å²) >= 11 is 5.82. The fraction of sp³-hybridized carbons (Fsp3) is 0.231. The first-order valence-electron chi connectivity index (χ1n) is 5.52. The summed E-state index contributed by atoms with van der Waals surface area (Å²) in [5.41, 5.74) is 2.71. The zero-order chi connectivity index (χ0) is 13.1. The maximum absolute atomic E-state index is 9.25. The molecule has 0 bridgehead atoms. The molecule has 4 nitrogen and oxygen atoms in total. The first-order valence-corrected chi connectivity index (χ1v) is 5.90. The predicted molar refractivity (Wildman–Crippen MR) is 71.4 cm³/mol. The SMILES string of the molecule is Cc1c(C(C#N)Nc2ccc(Cl)cc2)cnn1C. The minimum absolute atomic E-state index is 0.417. The topological polar surface area (TPSA) is 53.6 Å². The molecule has 1 N–H and O–H groups in total. The monoisotopic (exact) mass is 260 g/mol. The lowest BCUT2D eigenvalue weighted by Gasteiger charge is -2.12. The van der Waals surface area contributed by atoms with Crippen LogP contribution < -0.4 is 5.32 Å². The number of anilines is 1. The molecule has 0 aliphatic carbocycles. The van der Waals surface area contributed by atoms with Gasteiger partial charge in [0.25, 0.3) is 0 Å². The molecular formula is C13H13ClN4. The van der Waals surface area contributed by atoms with Crippen LogP contribution >= 0.6 is 11.6 Å². The van der Waals surface area contributed by atoms with Crippen LogP contribution in [0.4, 0.5) is 5.69 Å². The van der Waals surface area contributed by atoms with Gasteiger partial charge in [-0.1, -0.05) is 11.6 Å². The van der Waals surface area contributed by atoms with E-state index in [0.717, 1.165) is 16.9 Å². The Kier molecular flexibility index (Phi) is 3.54. The molecule has 2 rings (SSSR count). The number of rotatable bonds is 3. The van der Waals surface area contributed by atoms with Crippen molar-refractivity contribution in [2.45, 2.75) is 13.0 Å². The second-order valence-corrected chi connectivity index (χ2v) is 4.46. The van der Waals surface area contributed by atoms with Gasteiger partial charge in [-0.15, -0.1) is 0 Å². The summed E-state index contributed by atoms with van der Waals surface area (Å²) in [6.45, 7) is 1.94. The average Bonchev–Trinajstić information content (AvgIpc) is 2.70. The molecule has 0 amide bonds. The quantitative estimate of drug-likeness (QED) is 0.923. The van der Waals surface area contributed by atoms with Crippen LogP contribution in [0, 0.1) is 18.3 Å². The van der Waals surface area contributed by atoms with Crippen molar-refractivity contribution in [2.24, 2.45) is 7.05 Å². The highest BCUT2D eigenvalue weighted by Crippen LogP contribution is 2.22. The Hall–Kier alpha value is -1.99. The van der Waals surface area contributed by atoms with Crippen molar-refractivity contribution in [3.63, 3.8) is 0 Å². The van der Waals surface area contributed by atoms with E-state index >= 15 is 0 Å². The Morgan fingerprint density at radius 2 is 2.06 bits per heavy atom. The number of halogens is 1. The molecule has 18 heavy (non-hydrogen) atoms. The van der Waals surface area contributed by atoms with Crippen LogP contribution in [0.15, 0.2) is 30.5 Å². The van der Waals surface area contributed by atoms with Crippen molar-refractivity contribution in [3.8, 4) is 6.07 Å². The largest absolute Gasteiger partial charge is 0.366 e. The van der Waals surface area contributed by atoms with Gasteiger partial charge in [0.05, 0.1) is 12.3 Å². The molecule has 2 aromatic rings. The van der Waals surface area contributed by atoms with Crippen molar-refractivity contribution >= 4 is 17.3 Å². The molecule has 0 radical (unpaired) electrons. The summed E-state index contributed by atoms with van der Waals surface area (Å²) in [6.07, 6.45) is 1.71. The molecular weight excluding hydrogens is 248 g/mol. The zero-order valence-electron chi connectivity index (χ0n) is 10.2. The summed E-state index contributed by atoms with van der Waals surface area (Å²) in [7, 11) is 1.86. The van der Waals surface area contributed by atoms with Gasteiger partial charge in [0.1, 0.15) is 6.04 Å². The van der Waals surface area contributed by atoms with Gasteiger partial charge < -0.3 is 5.32 Å². The fourth-order valence-electron chi connectivity index (χ4n) is 1.69. The third-order valence-corrected chi connectivity index (χ3v) is 3.12. The van der Waals surface area contributed by atoms with E-state index in [1.165, 1.54) is 0 Å². The fourth-order valence-corrected chi connectivity index (χ4v) is 1.82. The first kappa shape index (κ1) is 12.5. The summed E-state index contributed by atoms with van der Waals surface area (Å²) < 4.78 is 1.75. The minimum atomic E-state index is -0.417. The van der Waals surface area contributed by atoms with Gasteiger partial charge in [0, 0.05) is 29.0 Å². The van der Waals surface area contributed by atoms with Gasteiger partial charge in [0.2, 0.25) is 0 Å². The number of hydrogen-bond donors (Lipinski definition) is 1. The number of nitrogens with zero attached hydrogens (tertiary/aromatic N) is 3. The van der Waals surface area contributed by atoms with Crippen LogP contribution in [0.2, 0.25) is 5.02 Å². The van der Waals surface area contributed by atoms with E-state index in [4.69, 9.17) is 11.6 Å². The Bertz CT molecular complexity index is 580. The maximum atomic E-state index is 9.25. The molecule has 0 spiro atoms. The summed E-state index contributed by atoms with van der Waals surface area (Å²) in [5.74, 6) is 0. The summed E-state index contributed by atoms with van der Waals surface area (Å²) in [4.78, 5) is 0. The van der Waals surface area contributed by atoms with Crippen molar-refractivity contribution in [1.29, 1.82) is 5.26 Å². The molecule has 0 fully saturated rings. The van der Waals surface area contributed by atoms with Gasteiger partial charge >= 0.3 is 0 Å². The molecule has 0 saturated carbocycles. The van der Waals surface area contributed by atoms with Crippen LogP contribution in [0.25, 0.3) is 0 Å². The predicted octanol–water partition coefficient (Wildman–Crippen LogP) is 3.06. The Labute approximate surface area is 111 Å². The van der Waals surface area contributed by atoms with Gasteiger partial charge in [-0.3, -0.25) is 4.68 Å². The Balaban J connectivity index is 2.23. The second-order valence-electron chi connectivity index (χ2n) is 4.02. The maximum Gasteiger partial charge on any atom is 0.143 e. The number of aryl methyl sites for hydroxylation is 1. The van der Waals surface area contributed by atoms with Crippen LogP contribution in [-0.2, 0) is 7.05 Å². The smallest absolute Gasteiger partial charge is 0.143 e. The van der Waals surface area contributed by atoms with E-state index < -0.39 is 6.04 Å². The summed E-state index contributed by atoms with van der Waals surface area (Å²) in [5, 5.41) is 17.2. The number of nitriles is 1. The lowest BCUT2D eigenvalue weighted by molar-refractivity contribution is 0.737. The van der Waals surface area contributed by atoms with E-state index in [1.54, 1.807) is 23.0 Å². The molecule has 92 valence electrons. The molecule has 1 atom stereocenters. The van der Waals surface area contributed by atoms with Crippen LogP contribution in [0.5, 0.6) is 0 Å². The molecule has 0 aliphatic heterocycles. The van der Waals surface area contributed by atoms with E-state index in [-0.39, 0.29) is 0 Å². The molecule has 1 unspecified atom stereocenters. The van der Waals surface area contributed by atoms with Gasteiger partial charge in [-0.05, 0) is 31.2 Å². The van der Waals surface area contributed by atoms with Gasteiger partial charge in [0.15, 0.2) is 0 Å². The highest BCUT2D eigenvalue weighted by molar-refractivity contribution is 6.30. The Morgan fingerprint density at radius 3 is 2.56 bits per heavy atom. The van der Waals surface area contributed by atoms with E-state index in [2.05, 4.69) is 16.5 Å². The van der Waals surface area contributed by atoms with Crippen LogP contribution in [-0.4, -0.2) is 9.78 Å². The van der Waals surface area contributed by atoms with E-state index in [9.17, 15) is 5.26 Å². The van der Waals surface area contributed by atoms with Crippen LogP contribution in [0.1, 0.15) is 17.3 Å². The van der Waals surface area contributed by atoms with E-state index in [1.807, 2.05) is 26.1 Å². The number of hydrogen-bond acceptors (Lipinski definition) is 3. The lowest BCUT2D eigenvalue weighted by atomic mass is 10.1. The number of benzene rings is 1. The van der Waals surface area contributed by atoms with Crippen LogP contribution in [0.3, 0.4) is 0 Å². The molecule has 1 aromatic carbocycles. The average molecular weight is 261 g/mol. The molecule has 5 heteroatoms. The second kappa shape index (κ2) is 5.11. The lowest BCUT2D eigenvalue weighted by Crippen LogP contribution is -2.09.